The van der Waals surface area contributed by atoms with Crippen molar-refractivity contribution in [1.29, 1.82) is 0 Å². The summed E-state index contributed by atoms with van der Waals surface area (Å²) >= 11 is 18.1. The maximum atomic E-state index is 6.23. The fraction of sp³-hybridized carbons (Fsp3) is 0.308. The second-order valence-corrected chi connectivity index (χ2v) is 5.68. The molecule has 0 aliphatic heterocycles. The molecule has 1 aliphatic carbocycles. The molecule has 6 heteroatoms. The van der Waals surface area contributed by atoms with Gasteiger partial charge in [-0.1, -0.05) is 34.8 Å². The number of aromatic nitrogens is 1. The summed E-state index contributed by atoms with van der Waals surface area (Å²) in [5.41, 5.74) is 0. The molecule has 0 saturated heterocycles. The van der Waals surface area contributed by atoms with Gasteiger partial charge in [-0.25, -0.2) is 4.98 Å². The van der Waals surface area contributed by atoms with Gasteiger partial charge in [-0.3, -0.25) is 0 Å². The Morgan fingerprint density at radius 3 is 2.68 bits per heavy atom. The fourth-order valence-electron chi connectivity index (χ4n) is 1.97. The molecule has 0 spiro atoms. The van der Waals surface area contributed by atoms with Gasteiger partial charge in [0.2, 0.25) is 0 Å². The third-order valence-corrected chi connectivity index (χ3v) is 3.99. The topological polar surface area (TPSA) is 29.3 Å². The molecule has 1 aliphatic rings. The third kappa shape index (κ3) is 2.83. The van der Waals surface area contributed by atoms with E-state index in [0.29, 0.717) is 28.4 Å². The van der Waals surface area contributed by atoms with Gasteiger partial charge in [0.1, 0.15) is 16.7 Å². The molecule has 2 heterocycles. The summed E-state index contributed by atoms with van der Waals surface area (Å²) in [5, 5.41) is 1.14. The average molecular weight is 318 g/mol. The van der Waals surface area contributed by atoms with Crippen LogP contribution in [0.2, 0.25) is 15.2 Å². The summed E-state index contributed by atoms with van der Waals surface area (Å²) in [6.45, 7) is 0.627. The molecule has 1 fully saturated rings. The van der Waals surface area contributed by atoms with E-state index in [0.717, 1.165) is 18.6 Å². The van der Waals surface area contributed by atoms with Crippen LogP contribution in [-0.4, -0.2) is 11.0 Å². The van der Waals surface area contributed by atoms with Crippen LogP contribution in [0.15, 0.2) is 28.9 Å². The van der Waals surface area contributed by atoms with Crippen LogP contribution < -0.4 is 4.90 Å². The number of hydrogen-bond acceptors (Lipinski definition) is 3. The Hall–Kier alpha value is -0.900. The molecule has 0 N–H and O–H groups in total. The summed E-state index contributed by atoms with van der Waals surface area (Å²) in [6, 6.07) is 5.86. The van der Waals surface area contributed by atoms with Crippen LogP contribution in [0.3, 0.4) is 0 Å². The highest BCUT2D eigenvalue weighted by atomic mass is 35.5. The van der Waals surface area contributed by atoms with Crippen molar-refractivity contribution in [3.05, 3.63) is 45.4 Å². The molecule has 100 valence electrons. The van der Waals surface area contributed by atoms with Gasteiger partial charge in [0, 0.05) is 6.04 Å². The monoisotopic (exact) mass is 316 g/mol. The van der Waals surface area contributed by atoms with E-state index in [-0.39, 0.29) is 5.15 Å². The number of rotatable bonds is 4. The second-order valence-electron chi connectivity index (χ2n) is 4.50. The zero-order valence-corrected chi connectivity index (χ0v) is 12.2. The maximum Gasteiger partial charge on any atom is 0.150 e. The number of furan rings is 1. The van der Waals surface area contributed by atoms with Crippen molar-refractivity contribution < 1.29 is 4.42 Å². The van der Waals surface area contributed by atoms with Gasteiger partial charge in [0.25, 0.3) is 0 Å². The first-order valence-electron chi connectivity index (χ1n) is 5.95. The molecular weight excluding hydrogens is 307 g/mol. The molecule has 0 amide bonds. The zero-order valence-electron chi connectivity index (χ0n) is 9.94. The normalized spacial score (nSPS) is 14.7. The lowest BCUT2D eigenvalue weighted by Gasteiger charge is -2.23. The second kappa shape index (κ2) is 5.23. The molecule has 3 rings (SSSR count). The number of anilines is 1. The highest BCUT2D eigenvalue weighted by Gasteiger charge is 2.32. The van der Waals surface area contributed by atoms with E-state index in [1.807, 2.05) is 12.1 Å². The predicted octanol–water partition coefficient (Wildman–Crippen LogP) is 4.80. The Labute approximate surface area is 126 Å². The first-order valence-corrected chi connectivity index (χ1v) is 7.09. The largest absolute Gasteiger partial charge is 0.467 e. The number of nitrogens with zero attached hydrogens (tertiary/aromatic N) is 2. The van der Waals surface area contributed by atoms with Gasteiger partial charge in [-0.05, 0) is 31.0 Å². The number of pyridine rings is 1. The van der Waals surface area contributed by atoms with E-state index in [2.05, 4.69) is 9.88 Å². The van der Waals surface area contributed by atoms with Crippen LogP contribution in [0.5, 0.6) is 0 Å². The summed E-state index contributed by atoms with van der Waals surface area (Å²) in [4.78, 5) is 6.41. The van der Waals surface area contributed by atoms with E-state index in [1.165, 1.54) is 0 Å². The Kier molecular flexibility index (Phi) is 3.61. The van der Waals surface area contributed by atoms with Crippen molar-refractivity contribution in [2.24, 2.45) is 0 Å². The lowest BCUT2D eigenvalue weighted by molar-refractivity contribution is 0.500. The minimum absolute atomic E-state index is 0.270. The highest BCUT2D eigenvalue weighted by Crippen LogP contribution is 2.38. The molecule has 0 bridgehead atoms. The molecule has 3 nitrogen and oxygen atoms in total. The highest BCUT2D eigenvalue weighted by molar-refractivity contribution is 6.42. The molecule has 0 radical (unpaired) electrons. The van der Waals surface area contributed by atoms with Gasteiger partial charge < -0.3 is 9.32 Å². The summed E-state index contributed by atoms with van der Waals surface area (Å²) in [7, 11) is 0. The SMILES string of the molecule is Clc1cc(Cl)c(N(Cc2ccco2)C2CC2)nc1Cl. The van der Waals surface area contributed by atoms with E-state index in [9.17, 15) is 0 Å². The molecule has 0 aromatic carbocycles. The van der Waals surface area contributed by atoms with Crippen LogP contribution >= 0.6 is 34.8 Å². The molecule has 2 aromatic heterocycles. The first kappa shape index (κ1) is 13.1. The molecule has 0 atom stereocenters. The van der Waals surface area contributed by atoms with Gasteiger partial charge in [0.15, 0.2) is 0 Å². The van der Waals surface area contributed by atoms with Crippen molar-refractivity contribution in [2.45, 2.75) is 25.4 Å². The van der Waals surface area contributed by atoms with E-state index < -0.39 is 0 Å². The van der Waals surface area contributed by atoms with Gasteiger partial charge in [-0.2, -0.15) is 0 Å². The Balaban J connectivity index is 1.94. The smallest absolute Gasteiger partial charge is 0.150 e. The van der Waals surface area contributed by atoms with E-state index >= 15 is 0 Å². The van der Waals surface area contributed by atoms with Crippen LogP contribution in [0.4, 0.5) is 5.82 Å². The van der Waals surface area contributed by atoms with E-state index in [1.54, 1.807) is 12.3 Å². The van der Waals surface area contributed by atoms with Crippen molar-refractivity contribution in [3.8, 4) is 0 Å². The summed E-state index contributed by atoms with van der Waals surface area (Å²) < 4.78 is 5.39. The van der Waals surface area contributed by atoms with Crippen molar-refractivity contribution in [1.82, 2.24) is 4.98 Å². The lowest BCUT2D eigenvalue weighted by atomic mass is 10.3. The van der Waals surface area contributed by atoms with Crippen LogP contribution in [0, 0.1) is 0 Å². The minimum Gasteiger partial charge on any atom is -0.467 e. The quantitative estimate of drug-likeness (QED) is 0.758. The molecule has 0 unspecified atom stereocenters. The summed E-state index contributed by atoms with van der Waals surface area (Å²) in [6.07, 6.45) is 3.90. The molecule has 2 aromatic rings. The third-order valence-electron chi connectivity index (χ3n) is 3.03. The average Bonchev–Trinajstić information content (AvgIpc) is 3.09. The Morgan fingerprint density at radius 2 is 2.05 bits per heavy atom. The van der Waals surface area contributed by atoms with Crippen LogP contribution in [-0.2, 0) is 6.54 Å². The standard InChI is InChI=1S/C13H11Cl3N2O/c14-10-6-11(15)13(17-12(10)16)18(8-3-4-8)7-9-2-1-5-19-9/h1-2,5-6,8H,3-4,7H2. The molecule has 1 saturated carbocycles. The van der Waals surface area contributed by atoms with Gasteiger partial charge in [0.05, 0.1) is 22.9 Å². The van der Waals surface area contributed by atoms with E-state index in [4.69, 9.17) is 39.2 Å². The molecule has 19 heavy (non-hydrogen) atoms. The first-order chi connectivity index (χ1) is 9.15. The van der Waals surface area contributed by atoms with Crippen molar-refractivity contribution >= 4 is 40.6 Å². The van der Waals surface area contributed by atoms with Crippen LogP contribution in [0.1, 0.15) is 18.6 Å². The van der Waals surface area contributed by atoms with Gasteiger partial charge >= 0.3 is 0 Å². The fourth-order valence-corrected chi connectivity index (χ4v) is 2.57. The van der Waals surface area contributed by atoms with Crippen LogP contribution in [0.25, 0.3) is 0 Å². The Bertz CT molecular complexity index is 582. The maximum absolute atomic E-state index is 6.23. The number of hydrogen-bond donors (Lipinski definition) is 0. The van der Waals surface area contributed by atoms with Crippen molar-refractivity contribution in [2.75, 3.05) is 4.90 Å². The predicted molar refractivity (Wildman–Crippen MR) is 77.2 cm³/mol. The lowest BCUT2D eigenvalue weighted by Crippen LogP contribution is -2.26. The Morgan fingerprint density at radius 1 is 1.26 bits per heavy atom. The summed E-state index contributed by atoms with van der Waals surface area (Å²) in [5.74, 6) is 1.53. The minimum atomic E-state index is 0.270. The zero-order chi connectivity index (χ0) is 13.4. The van der Waals surface area contributed by atoms with Crippen molar-refractivity contribution in [3.63, 3.8) is 0 Å². The van der Waals surface area contributed by atoms with Gasteiger partial charge in [-0.15, -0.1) is 0 Å². The molecular formula is C13H11Cl3N2O. The number of halogens is 3.